The van der Waals surface area contributed by atoms with Gasteiger partial charge >= 0.3 is 5.97 Å². The molecule has 3 saturated heterocycles. The third-order valence-electron chi connectivity index (χ3n) is 4.38. The van der Waals surface area contributed by atoms with Gasteiger partial charge in [-0.05, 0) is 30.7 Å². The zero-order chi connectivity index (χ0) is 17.9. The van der Waals surface area contributed by atoms with Gasteiger partial charge in [-0.2, -0.15) is 0 Å². The maximum Gasteiger partial charge on any atom is 0.305 e. The molecule has 1 aromatic rings. The Bertz CT molecular complexity index is 611. The van der Waals surface area contributed by atoms with Crippen LogP contribution in [0.2, 0.25) is 0 Å². The van der Waals surface area contributed by atoms with E-state index in [2.05, 4.69) is 0 Å². The monoisotopic (exact) mass is 348 g/mol. The third kappa shape index (κ3) is 4.27. The molecule has 0 aromatic heterocycles. The predicted octanol–water partition coefficient (Wildman–Crippen LogP) is 2.46. The average Bonchev–Trinajstić information content (AvgIpc) is 2.66. The van der Waals surface area contributed by atoms with Gasteiger partial charge < -0.3 is 23.7 Å². The summed E-state index contributed by atoms with van der Waals surface area (Å²) in [4.78, 5) is 12.2. The summed E-state index contributed by atoms with van der Waals surface area (Å²) in [5.41, 5.74) is 0.867. The Morgan fingerprint density at radius 1 is 1.20 bits per heavy atom. The summed E-state index contributed by atoms with van der Waals surface area (Å²) in [5, 5.41) is 0. The van der Waals surface area contributed by atoms with Crippen LogP contribution >= 0.6 is 0 Å². The zero-order valence-electron chi connectivity index (χ0n) is 14.8. The van der Waals surface area contributed by atoms with Gasteiger partial charge in [0.1, 0.15) is 11.9 Å². The van der Waals surface area contributed by atoms with Crippen LogP contribution < -0.4 is 4.74 Å². The summed E-state index contributed by atoms with van der Waals surface area (Å²) in [6, 6.07) is 7.52. The molecule has 3 aliphatic rings. The highest BCUT2D eigenvalue weighted by atomic mass is 16.9. The van der Waals surface area contributed by atoms with Gasteiger partial charge in [-0.15, -0.1) is 0 Å². The van der Waals surface area contributed by atoms with Crippen molar-refractivity contribution in [2.45, 2.75) is 32.5 Å². The average molecular weight is 348 g/mol. The summed E-state index contributed by atoms with van der Waals surface area (Å²) in [5.74, 6) is -0.618. The molecule has 6 heteroatoms. The van der Waals surface area contributed by atoms with Crippen LogP contribution in [0, 0.1) is 5.41 Å². The van der Waals surface area contributed by atoms with Gasteiger partial charge in [0.15, 0.2) is 5.78 Å². The van der Waals surface area contributed by atoms with Crippen LogP contribution in [0.1, 0.15) is 19.4 Å². The molecule has 136 valence electrons. The summed E-state index contributed by atoms with van der Waals surface area (Å²) in [7, 11) is 1.62. The number of hydrogen-bond donors (Lipinski definition) is 0. The lowest BCUT2D eigenvalue weighted by Gasteiger charge is -2.49. The Balaban J connectivity index is 1.50. The van der Waals surface area contributed by atoms with Crippen LogP contribution in [0.4, 0.5) is 0 Å². The molecule has 3 fully saturated rings. The number of carbonyl (C=O) groups excluding carboxylic acids is 1. The molecule has 1 aromatic carbocycles. The number of methoxy groups -OCH3 is 1. The molecule has 6 nitrogen and oxygen atoms in total. The third-order valence-corrected chi connectivity index (χ3v) is 4.38. The van der Waals surface area contributed by atoms with Crippen molar-refractivity contribution in [3.05, 3.63) is 42.0 Å². The molecule has 0 amide bonds. The summed E-state index contributed by atoms with van der Waals surface area (Å²) in [6.07, 6.45) is 2.36. The van der Waals surface area contributed by atoms with E-state index in [0.717, 1.165) is 11.3 Å². The first-order valence-electron chi connectivity index (χ1n) is 8.33. The maximum absolute atomic E-state index is 12.2. The quantitative estimate of drug-likeness (QED) is 0.706. The fourth-order valence-corrected chi connectivity index (χ4v) is 2.56. The molecule has 2 bridgehead atoms. The second kappa shape index (κ2) is 7.25. The van der Waals surface area contributed by atoms with E-state index in [4.69, 9.17) is 23.7 Å². The minimum absolute atomic E-state index is 0.103. The van der Waals surface area contributed by atoms with Crippen LogP contribution in [-0.2, 0) is 30.3 Å². The second-order valence-corrected chi connectivity index (χ2v) is 6.82. The first-order chi connectivity index (χ1) is 11.9. The highest BCUT2D eigenvalue weighted by Crippen LogP contribution is 2.38. The van der Waals surface area contributed by atoms with Gasteiger partial charge in [-0.1, -0.05) is 19.1 Å². The van der Waals surface area contributed by atoms with Crippen LogP contribution in [0.15, 0.2) is 36.4 Å². The SMILES string of the molecule is COc1ccc(CO[C@@H](C)C(=O)/C=C/C23OCC(C)(CO2)CO3)cc1. The van der Waals surface area contributed by atoms with Crippen molar-refractivity contribution in [1.29, 1.82) is 0 Å². The Hall–Kier alpha value is -1.73. The van der Waals surface area contributed by atoms with E-state index in [1.165, 1.54) is 12.2 Å². The fourth-order valence-electron chi connectivity index (χ4n) is 2.56. The summed E-state index contributed by atoms with van der Waals surface area (Å²) < 4.78 is 27.6. The van der Waals surface area contributed by atoms with Gasteiger partial charge in [0.05, 0.1) is 33.5 Å². The molecular formula is C19H24O6. The van der Waals surface area contributed by atoms with Crippen LogP contribution in [0.25, 0.3) is 0 Å². The number of ketones is 1. The Morgan fingerprint density at radius 3 is 2.36 bits per heavy atom. The highest BCUT2D eigenvalue weighted by molar-refractivity contribution is 5.93. The van der Waals surface area contributed by atoms with E-state index in [9.17, 15) is 4.79 Å². The summed E-state index contributed by atoms with van der Waals surface area (Å²) >= 11 is 0. The molecule has 3 aliphatic heterocycles. The lowest BCUT2D eigenvalue weighted by molar-refractivity contribution is -0.441. The number of rotatable bonds is 7. The first kappa shape index (κ1) is 18.1. The van der Waals surface area contributed by atoms with Gasteiger partial charge in [0.25, 0.3) is 0 Å². The lowest BCUT2D eigenvalue weighted by atomic mass is 9.92. The van der Waals surface area contributed by atoms with Crippen LogP contribution in [-0.4, -0.2) is 44.8 Å². The Labute approximate surface area is 147 Å². The van der Waals surface area contributed by atoms with E-state index in [1.54, 1.807) is 14.0 Å². The van der Waals surface area contributed by atoms with E-state index < -0.39 is 12.1 Å². The molecule has 0 N–H and O–H groups in total. The van der Waals surface area contributed by atoms with Gasteiger partial charge in [0.2, 0.25) is 0 Å². The number of carbonyl (C=O) groups is 1. The van der Waals surface area contributed by atoms with Gasteiger partial charge in [-0.25, -0.2) is 0 Å². The smallest absolute Gasteiger partial charge is 0.305 e. The molecule has 3 heterocycles. The lowest BCUT2D eigenvalue weighted by Crippen LogP contribution is -2.58. The van der Waals surface area contributed by atoms with E-state index in [-0.39, 0.29) is 11.2 Å². The van der Waals surface area contributed by atoms with E-state index >= 15 is 0 Å². The van der Waals surface area contributed by atoms with Crippen molar-refractivity contribution in [2.24, 2.45) is 5.41 Å². The minimum Gasteiger partial charge on any atom is -0.497 e. The molecule has 0 spiro atoms. The van der Waals surface area contributed by atoms with E-state index in [1.807, 2.05) is 31.2 Å². The van der Waals surface area contributed by atoms with Gasteiger partial charge in [0, 0.05) is 11.5 Å². The topological polar surface area (TPSA) is 63.2 Å². The second-order valence-electron chi connectivity index (χ2n) is 6.82. The van der Waals surface area contributed by atoms with E-state index in [0.29, 0.717) is 26.4 Å². The normalized spacial score (nSPS) is 29.7. The molecule has 0 aliphatic carbocycles. The molecule has 0 radical (unpaired) electrons. The number of ether oxygens (including phenoxy) is 5. The van der Waals surface area contributed by atoms with Crippen molar-refractivity contribution < 1.29 is 28.5 Å². The largest absolute Gasteiger partial charge is 0.497 e. The molecule has 25 heavy (non-hydrogen) atoms. The van der Waals surface area contributed by atoms with Crippen molar-refractivity contribution in [3.8, 4) is 5.75 Å². The molecule has 0 saturated carbocycles. The number of fused-ring (bicyclic) bond motifs is 3. The molecule has 4 rings (SSSR count). The van der Waals surface area contributed by atoms with Crippen LogP contribution in [0.3, 0.4) is 0 Å². The summed E-state index contributed by atoms with van der Waals surface area (Å²) in [6.45, 7) is 5.76. The van der Waals surface area contributed by atoms with Crippen molar-refractivity contribution in [1.82, 2.24) is 0 Å². The number of benzene rings is 1. The van der Waals surface area contributed by atoms with Crippen molar-refractivity contribution in [3.63, 3.8) is 0 Å². The highest BCUT2D eigenvalue weighted by Gasteiger charge is 2.49. The molecule has 1 atom stereocenters. The Morgan fingerprint density at radius 2 is 1.80 bits per heavy atom. The zero-order valence-corrected chi connectivity index (χ0v) is 14.8. The minimum atomic E-state index is -1.23. The standard InChI is InChI=1S/C19H24O6/c1-14(22-10-15-4-6-16(21-3)7-5-15)17(20)8-9-19-23-11-18(2,12-24-19)13-25-19/h4-9,14H,10-13H2,1-3H3/b9-8+/t14-,18?,19?/m0/s1. The molecule has 0 unspecified atom stereocenters. The first-order valence-corrected chi connectivity index (χ1v) is 8.33. The fraction of sp³-hybridized carbons (Fsp3) is 0.526. The van der Waals surface area contributed by atoms with Gasteiger partial charge in [-0.3, -0.25) is 4.79 Å². The van der Waals surface area contributed by atoms with Crippen molar-refractivity contribution >= 4 is 5.78 Å². The predicted molar refractivity (Wildman–Crippen MR) is 90.1 cm³/mol. The van der Waals surface area contributed by atoms with Crippen LogP contribution in [0.5, 0.6) is 5.75 Å². The van der Waals surface area contributed by atoms with Crippen molar-refractivity contribution in [2.75, 3.05) is 26.9 Å². The Kier molecular flexibility index (Phi) is 5.24. The maximum atomic E-state index is 12.2. The number of hydrogen-bond acceptors (Lipinski definition) is 6. The molecular weight excluding hydrogens is 324 g/mol.